The van der Waals surface area contributed by atoms with Crippen molar-refractivity contribution in [2.75, 3.05) is 45.8 Å². The van der Waals surface area contributed by atoms with E-state index >= 15 is 0 Å². The molecule has 1 atom stereocenters. The van der Waals surface area contributed by atoms with Crippen molar-refractivity contribution in [2.24, 2.45) is 5.92 Å². The molecule has 1 saturated carbocycles. The van der Waals surface area contributed by atoms with E-state index in [1.165, 1.54) is 84.1 Å². The van der Waals surface area contributed by atoms with E-state index in [9.17, 15) is 0 Å². The Hall–Kier alpha value is -0.160. The number of nitrogens with zero attached hydrogens (tertiary/aromatic N) is 2. The van der Waals surface area contributed by atoms with Crippen LogP contribution in [0.15, 0.2) is 0 Å². The Morgan fingerprint density at radius 1 is 0.960 bits per heavy atom. The second-order valence-electron chi connectivity index (χ2n) is 8.73. The molecule has 3 fully saturated rings. The van der Waals surface area contributed by atoms with Gasteiger partial charge in [-0.15, -0.1) is 0 Å². The summed E-state index contributed by atoms with van der Waals surface area (Å²) in [4.78, 5) is 5.44. The van der Waals surface area contributed by atoms with E-state index in [1.807, 2.05) is 0 Å². The van der Waals surface area contributed by atoms with E-state index in [0.29, 0.717) is 12.2 Å². The molecule has 1 aliphatic carbocycles. The fraction of sp³-hybridized carbons (Fsp3) is 1.00. The highest BCUT2D eigenvalue weighted by atomic mass is 16.5. The van der Waals surface area contributed by atoms with E-state index in [0.717, 1.165) is 25.0 Å². The fourth-order valence-electron chi connectivity index (χ4n) is 4.95. The predicted octanol–water partition coefficient (Wildman–Crippen LogP) is 3.12. The van der Waals surface area contributed by atoms with Crippen LogP contribution in [-0.2, 0) is 4.74 Å². The lowest BCUT2D eigenvalue weighted by Crippen LogP contribution is -2.53. The molecule has 3 aliphatic rings. The van der Waals surface area contributed by atoms with Crippen LogP contribution in [-0.4, -0.2) is 73.9 Å². The number of rotatable bonds is 7. The summed E-state index contributed by atoms with van der Waals surface area (Å²) >= 11 is 0. The average molecular weight is 352 g/mol. The molecule has 0 bridgehead atoms. The minimum absolute atomic E-state index is 0.528. The number of nitrogens with one attached hydrogen (secondary N) is 1. The zero-order chi connectivity index (χ0) is 17.5. The third-order valence-electron chi connectivity index (χ3n) is 6.63. The Morgan fingerprint density at radius 2 is 1.68 bits per heavy atom. The molecule has 0 radical (unpaired) electrons. The number of ether oxygens (including phenoxy) is 1. The van der Waals surface area contributed by atoms with Gasteiger partial charge in [-0.3, -0.25) is 4.90 Å². The molecule has 25 heavy (non-hydrogen) atoms. The summed E-state index contributed by atoms with van der Waals surface area (Å²) in [5, 5.41) is 3.43. The molecule has 1 unspecified atom stereocenters. The second-order valence-corrected chi connectivity index (χ2v) is 8.73. The molecule has 2 heterocycles. The average Bonchev–Trinajstić information content (AvgIpc) is 2.64. The van der Waals surface area contributed by atoms with Crippen molar-refractivity contribution in [1.29, 1.82) is 0 Å². The second kappa shape index (κ2) is 10.2. The van der Waals surface area contributed by atoms with Crippen molar-refractivity contribution in [1.82, 2.24) is 15.1 Å². The maximum Gasteiger partial charge on any atom is 0.0603 e. The standard InChI is InChI=1S/C21H41N3O/c1-3-4-13-24-15-14-23(16-18(24)2)17-19-5-7-20(8-6-19)25-21-9-11-22-12-10-21/h18-22H,3-17H2,1-2H3. The van der Waals surface area contributed by atoms with Crippen LogP contribution in [0, 0.1) is 5.92 Å². The first-order valence-corrected chi connectivity index (χ1v) is 11.1. The van der Waals surface area contributed by atoms with E-state index in [4.69, 9.17) is 4.74 Å². The monoisotopic (exact) mass is 351 g/mol. The Morgan fingerprint density at radius 3 is 2.36 bits per heavy atom. The van der Waals surface area contributed by atoms with E-state index < -0.39 is 0 Å². The zero-order valence-electron chi connectivity index (χ0n) is 16.7. The van der Waals surface area contributed by atoms with Crippen LogP contribution < -0.4 is 5.32 Å². The lowest BCUT2D eigenvalue weighted by Gasteiger charge is -2.42. The number of hydrogen-bond donors (Lipinski definition) is 1. The van der Waals surface area contributed by atoms with Crippen LogP contribution in [0.2, 0.25) is 0 Å². The minimum atomic E-state index is 0.528. The van der Waals surface area contributed by atoms with Crippen LogP contribution in [0.25, 0.3) is 0 Å². The maximum atomic E-state index is 6.38. The summed E-state index contributed by atoms with van der Waals surface area (Å²) in [6.45, 7) is 13.4. The van der Waals surface area contributed by atoms with Gasteiger partial charge in [-0.05, 0) is 77.4 Å². The summed E-state index contributed by atoms with van der Waals surface area (Å²) in [7, 11) is 0. The molecule has 0 aromatic carbocycles. The van der Waals surface area contributed by atoms with E-state index in [2.05, 4.69) is 29.0 Å². The van der Waals surface area contributed by atoms with Crippen molar-refractivity contribution < 1.29 is 4.74 Å². The van der Waals surface area contributed by atoms with Crippen LogP contribution in [0.1, 0.15) is 65.2 Å². The first-order chi connectivity index (χ1) is 12.2. The summed E-state index contributed by atoms with van der Waals surface area (Å²) in [5.41, 5.74) is 0. The van der Waals surface area contributed by atoms with Crippen LogP contribution in [0.4, 0.5) is 0 Å². The van der Waals surface area contributed by atoms with Crippen molar-refractivity contribution in [3.63, 3.8) is 0 Å². The molecule has 1 N–H and O–H groups in total. The highest BCUT2D eigenvalue weighted by Gasteiger charge is 2.28. The summed E-state index contributed by atoms with van der Waals surface area (Å²) in [6, 6.07) is 0.736. The molecule has 0 spiro atoms. The van der Waals surface area contributed by atoms with Gasteiger partial charge in [-0.2, -0.15) is 0 Å². The fourth-order valence-corrected chi connectivity index (χ4v) is 4.95. The number of hydrogen-bond acceptors (Lipinski definition) is 4. The Labute approximate surface area is 155 Å². The molecule has 146 valence electrons. The summed E-state index contributed by atoms with van der Waals surface area (Å²) in [6.07, 6.45) is 11.5. The molecule has 4 nitrogen and oxygen atoms in total. The lowest BCUT2D eigenvalue weighted by atomic mass is 9.86. The van der Waals surface area contributed by atoms with Gasteiger partial charge in [-0.1, -0.05) is 13.3 Å². The summed E-state index contributed by atoms with van der Waals surface area (Å²) < 4.78 is 6.38. The van der Waals surface area contributed by atoms with E-state index in [1.54, 1.807) is 0 Å². The lowest BCUT2D eigenvalue weighted by molar-refractivity contribution is -0.0508. The van der Waals surface area contributed by atoms with Crippen LogP contribution >= 0.6 is 0 Å². The molecular formula is C21H41N3O. The summed E-state index contributed by atoms with van der Waals surface area (Å²) in [5.74, 6) is 0.905. The molecule has 2 aliphatic heterocycles. The highest BCUT2D eigenvalue weighted by molar-refractivity contribution is 4.83. The van der Waals surface area contributed by atoms with E-state index in [-0.39, 0.29) is 0 Å². The van der Waals surface area contributed by atoms with Crippen LogP contribution in [0.5, 0.6) is 0 Å². The van der Waals surface area contributed by atoms with Gasteiger partial charge >= 0.3 is 0 Å². The smallest absolute Gasteiger partial charge is 0.0603 e. The van der Waals surface area contributed by atoms with Crippen molar-refractivity contribution >= 4 is 0 Å². The molecule has 3 rings (SSSR count). The predicted molar refractivity (Wildman–Crippen MR) is 105 cm³/mol. The molecule has 4 heteroatoms. The van der Waals surface area contributed by atoms with Gasteiger partial charge in [0.05, 0.1) is 12.2 Å². The van der Waals surface area contributed by atoms with Crippen molar-refractivity contribution in [3.8, 4) is 0 Å². The SMILES string of the molecule is CCCCN1CCN(CC2CCC(OC3CCNCC3)CC2)CC1C. The van der Waals surface area contributed by atoms with Gasteiger partial charge in [0.25, 0.3) is 0 Å². The van der Waals surface area contributed by atoms with Gasteiger partial charge in [0, 0.05) is 32.2 Å². The highest BCUT2D eigenvalue weighted by Crippen LogP contribution is 2.29. The largest absolute Gasteiger partial charge is 0.375 e. The first kappa shape index (κ1) is 19.6. The number of piperazine rings is 1. The van der Waals surface area contributed by atoms with Crippen molar-refractivity contribution in [2.45, 2.75) is 83.5 Å². The molecule has 0 aromatic heterocycles. The number of unbranched alkanes of at least 4 members (excludes halogenated alkanes) is 1. The van der Waals surface area contributed by atoms with Gasteiger partial charge in [0.2, 0.25) is 0 Å². The Bertz CT molecular complexity index is 364. The molecule has 0 amide bonds. The minimum Gasteiger partial charge on any atom is -0.375 e. The topological polar surface area (TPSA) is 27.7 Å². The first-order valence-electron chi connectivity index (χ1n) is 11.1. The Balaban J connectivity index is 1.32. The number of piperidine rings is 1. The van der Waals surface area contributed by atoms with Gasteiger partial charge < -0.3 is 15.0 Å². The quantitative estimate of drug-likeness (QED) is 0.763. The molecule has 0 aromatic rings. The molecule has 2 saturated heterocycles. The maximum absolute atomic E-state index is 6.38. The normalized spacial score (nSPS) is 33.6. The van der Waals surface area contributed by atoms with Crippen LogP contribution in [0.3, 0.4) is 0 Å². The third kappa shape index (κ3) is 6.20. The Kier molecular flexibility index (Phi) is 8.03. The van der Waals surface area contributed by atoms with Gasteiger partial charge in [0.15, 0.2) is 0 Å². The third-order valence-corrected chi connectivity index (χ3v) is 6.63. The zero-order valence-corrected chi connectivity index (χ0v) is 16.7. The van der Waals surface area contributed by atoms with Gasteiger partial charge in [0.1, 0.15) is 0 Å². The molecular weight excluding hydrogens is 310 g/mol. The van der Waals surface area contributed by atoms with Crippen molar-refractivity contribution in [3.05, 3.63) is 0 Å². The van der Waals surface area contributed by atoms with Gasteiger partial charge in [-0.25, -0.2) is 0 Å².